The van der Waals surface area contributed by atoms with Crippen LogP contribution in [-0.2, 0) is 27.1 Å². The van der Waals surface area contributed by atoms with E-state index < -0.39 is 36.1 Å². The summed E-state index contributed by atoms with van der Waals surface area (Å²) in [5.41, 5.74) is 2.67. The van der Waals surface area contributed by atoms with E-state index >= 15 is 0 Å². The first kappa shape index (κ1) is 25.9. The summed E-state index contributed by atoms with van der Waals surface area (Å²) in [6.07, 6.45) is -3.20. The number of ether oxygens (including phenoxy) is 1. The molecule has 0 atom stereocenters. The second-order valence-corrected chi connectivity index (χ2v) is 7.35. The number of amides is 3. The topological polar surface area (TPSA) is 109 Å². The first-order chi connectivity index (χ1) is 17.2. The number of nitrogens with one attached hydrogen (secondary N) is 3. The molecule has 3 aromatic rings. The molecule has 0 aliphatic heterocycles. The molecule has 0 saturated carbocycles. The smallest absolute Gasteiger partial charge is 0.416 e. The number of benzene rings is 3. The number of alkyl halides is 3. The third-order valence-electron chi connectivity index (χ3n) is 4.61. The Kier molecular flexibility index (Phi) is 8.76. The molecule has 0 radical (unpaired) electrons. The highest BCUT2D eigenvalue weighted by molar-refractivity contribution is 6.35. The van der Waals surface area contributed by atoms with Crippen LogP contribution in [0.3, 0.4) is 0 Å². The Hall–Kier alpha value is -4.67. The van der Waals surface area contributed by atoms with Gasteiger partial charge in [-0.05, 0) is 53.6 Å². The number of carbonyl (C=O) groups excluding carboxylic acids is 3. The van der Waals surface area contributed by atoms with Crippen molar-refractivity contribution < 1.29 is 32.3 Å². The van der Waals surface area contributed by atoms with Crippen LogP contribution in [0.5, 0.6) is 5.75 Å². The van der Waals surface area contributed by atoms with Crippen molar-refractivity contribution in [2.24, 2.45) is 5.10 Å². The SMILES string of the molecule is O=C(COc1ccc(/C=N\NC(=O)C(=O)NCc2ccccc2)cc1)Nc1cccc(C(F)(F)F)c1. The molecule has 3 N–H and O–H groups in total. The Balaban J connectivity index is 1.41. The minimum absolute atomic E-state index is 0.000721. The largest absolute Gasteiger partial charge is 0.484 e. The van der Waals surface area contributed by atoms with E-state index in [0.29, 0.717) is 11.3 Å². The lowest BCUT2D eigenvalue weighted by Gasteiger charge is -2.10. The van der Waals surface area contributed by atoms with E-state index in [2.05, 4.69) is 21.2 Å². The van der Waals surface area contributed by atoms with Crippen LogP contribution in [0.4, 0.5) is 18.9 Å². The summed E-state index contributed by atoms with van der Waals surface area (Å²) in [4.78, 5) is 35.6. The van der Waals surface area contributed by atoms with Crippen molar-refractivity contribution in [3.63, 3.8) is 0 Å². The van der Waals surface area contributed by atoms with Crippen molar-refractivity contribution >= 4 is 29.6 Å². The van der Waals surface area contributed by atoms with Gasteiger partial charge in [0.2, 0.25) is 0 Å². The van der Waals surface area contributed by atoms with Gasteiger partial charge in [-0.3, -0.25) is 14.4 Å². The van der Waals surface area contributed by atoms with Gasteiger partial charge < -0.3 is 15.4 Å². The van der Waals surface area contributed by atoms with Gasteiger partial charge in [-0.25, -0.2) is 5.43 Å². The van der Waals surface area contributed by atoms with Crippen molar-refractivity contribution in [1.82, 2.24) is 10.7 Å². The molecule has 3 amide bonds. The fraction of sp³-hybridized carbons (Fsp3) is 0.120. The van der Waals surface area contributed by atoms with Crippen LogP contribution in [-0.4, -0.2) is 30.5 Å². The van der Waals surface area contributed by atoms with E-state index in [1.165, 1.54) is 30.5 Å². The molecule has 0 unspecified atom stereocenters. The zero-order valence-electron chi connectivity index (χ0n) is 18.7. The molecule has 36 heavy (non-hydrogen) atoms. The molecule has 11 heteroatoms. The normalized spacial score (nSPS) is 11.1. The first-order valence-electron chi connectivity index (χ1n) is 10.6. The number of rotatable bonds is 8. The number of halogens is 3. The van der Waals surface area contributed by atoms with Gasteiger partial charge in [0.15, 0.2) is 6.61 Å². The standard InChI is InChI=1S/C25H21F3N4O4/c26-25(27,28)19-7-4-8-20(13-19)31-22(33)16-36-21-11-9-18(10-12-21)15-30-32-24(35)23(34)29-14-17-5-2-1-3-6-17/h1-13,15H,14,16H2,(H,29,34)(H,31,33)(H,32,35)/b30-15-. The zero-order valence-corrected chi connectivity index (χ0v) is 18.7. The number of hydrogen-bond donors (Lipinski definition) is 3. The van der Waals surface area contributed by atoms with E-state index in [1.54, 1.807) is 12.1 Å². The molecule has 0 aliphatic rings. The third kappa shape index (κ3) is 8.28. The molecule has 0 heterocycles. The summed E-state index contributed by atoms with van der Waals surface area (Å²) >= 11 is 0. The third-order valence-corrected chi connectivity index (χ3v) is 4.61. The number of carbonyl (C=O) groups is 3. The number of nitrogens with zero attached hydrogens (tertiary/aromatic N) is 1. The summed E-state index contributed by atoms with van der Waals surface area (Å²) in [5.74, 6) is -2.05. The maximum absolute atomic E-state index is 12.8. The average molecular weight is 498 g/mol. The quantitative estimate of drug-likeness (QED) is 0.251. The van der Waals surface area contributed by atoms with Crippen LogP contribution in [0, 0.1) is 0 Å². The molecule has 0 bridgehead atoms. The summed E-state index contributed by atoms with van der Waals surface area (Å²) in [7, 11) is 0. The van der Waals surface area contributed by atoms with Crippen molar-refractivity contribution in [3.8, 4) is 5.75 Å². The lowest BCUT2D eigenvalue weighted by Crippen LogP contribution is -2.37. The molecular formula is C25H21F3N4O4. The highest BCUT2D eigenvalue weighted by Gasteiger charge is 2.30. The molecule has 0 spiro atoms. The number of hydrazone groups is 1. The Labute approximate surface area is 204 Å². The molecule has 0 fully saturated rings. The Morgan fingerprint density at radius 2 is 1.61 bits per heavy atom. The van der Waals surface area contributed by atoms with Crippen LogP contribution in [0.2, 0.25) is 0 Å². The van der Waals surface area contributed by atoms with Gasteiger partial charge >= 0.3 is 18.0 Å². The fourth-order valence-electron chi connectivity index (χ4n) is 2.84. The predicted octanol–water partition coefficient (Wildman–Crippen LogP) is 3.49. The van der Waals surface area contributed by atoms with Crippen LogP contribution in [0.1, 0.15) is 16.7 Å². The Morgan fingerprint density at radius 3 is 2.31 bits per heavy atom. The maximum Gasteiger partial charge on any atom is 0.416 e. The van der Waals surface area contributed by atoms with Gasteiger partial charge in [0.1, 0.15) is 5.75 Å². The van der Waals surface area contributed by atoms with Gasteiger partial charge in [0.25, 0.3) is 5.91 Å². The maximum atomic E-state index is 12.8. The Bertz CT molecular complexity index is 1230. The van der Waals surface area contributed by atoms with E-state index in [4.69, 9.17) is 4.74 Å². The van der Waals surface area contributed by atoms with Crippen molar-refractivity contribution in [2.75, 3.05) is 11.9 Å². The van der Waals surface area contributed by atoms with Crippen LogP contribution >= 0.6 is 0 Å². The molecule has 0 aliphatic carbocycles. The van der Waals surface area contributed by atoms with Gasteiger partial charge in [-0.1, -0.05) is 36.4 Å². The van der Waals surface area contributed by atoms with Crippen molar-refractivity contribution in [3.05, 3.63) is 95.6 Å². The minimum atomic E-state index is -4.51. The average Bonchev–Trinajstić information content (AvgIpc) is 2.87. The summed E-state index contributed by atoms with van der Waals surface area (Å²) in [5, 5.41) is 8.54. The highest BCUT2D eigenvalue weighted by atomic mass is 19.4. The van der Waals surface area contributed by atoms with Gasteiger partial charge in [-0.2, -0.15) is 18.3 Å². The molecular weight excluding hydrogens is 477 g/mol. The van der Waals surface area contributed by atoms with E-state index in [1.807, 2.05) is 30.3 Å². The summed E-state index contributed by atoms with van der Waals surface area (Å²) in [6, 6.07) is 19.6. The summed E-state index contributed by atoms with van der Waals surface area (Å²) < 4.78 is 43.6. The van der Waals surface area contributed by atoms with Gasteiger partial charge in [0, 0.05) is 12.2 Å². The van der Waals surface area contributed by atoms with Crippen LogP contribution in [0.15, 0.2) is 84.0 Å². The summed E-state index contributed by atoms with van der Waals surface area (Å²) in [6.45, 7) is -0.214. The zero-order chi connectivity index (χ0) is 26.0. The van der Waals surface area contributed by atoms with Gasteiger partial charge in [-0.15, -0.1) is 0 Å². The lowest BCUT2D eigenvalue weighted by molar-refractivity contribution is -0.139. The second kappa shape index (κ2) is 12.2. The molecule has 8 nitrogen and oxygen atoms in total. The van der Waals surface area contributed by atoms with Gasteiger partial charge in [0.05, 0.1) is 11.8 Å². The Morgan fingerprint density at radius 1 is 0.889 bits per heavy atom. The highest BCUT2D eigenvalue weighted by Crippen LogP contribution is 2.30. The van der Waals surface area contributed by atoms with E-state index in [9.17, 15) is 27.6 Å². The van der Waals surface area contributed by atoms with Crippen LogP contribution < -0.4 is 20.8 Å². The van der Waals surface area contributed by atoms with E-state index in [-0.39, 0.29) is 12.2 Å². The van der Waals surface area contributed by atoms with Crippen molar-refractivity contribution in [2.45, 2.75) is 12.7 Å². The minimum Gasteiger partial charge on any atom is -0.484 e. The fourth-order valence-corrected chi connectivity index (χ4v) is 2.84. The molecule has 186 valence electrons. The van der Waals surface area contributed by atoms with E-state index in [0.717, 1.165) is 17.7 Å². The molecule has 0 aromatic heterocycles. The molecule has 0 saturated heterocycles. The number of hydrogen-bond acceptors (Lipinski definition) is 5. The van der Waals surface area contributed by atoms with Crippen molar-refractivity contribution in [1.29, 1.82) is 0 Å². The number of anilines is 1. The second-order valence-electron chi connectivity index (χ2n) is 7.35. The monoisotopic (exact) mass is 498 g/mol. The van der Waals surface area contributed by atoms with Crippen LogP contribution in [0.25, 0.3) is 0 Å². The predicted molar refractivity (Wildman–Crippen MR) is 126 cm³/mol. The molecule has 3 rings (SSSR count). The molecule has 3 aromatic carbocycles. The first-order valence-corrected chi connectivity index (χ1v) is 10.6. The lowest BCUT2D eigenvalue weighted by atomic mass is 10.2.